The van der Waals surface area contributed by atoms with Gasteiger partial charge in [0.1, 0.15) is 5.82 Å². The third-order valence-electron chi connectivity index (χ3n) is 2.90. The van der Waals surface area contributed by atoms with E-state index >= 15 is 0 Å². The van der Waals surface area contributed by atoms with E-state index < -0.39 is 0 Å². The number of fused-ring (bicyclic) bond motifs is 1. The Morgan fingerprint density at radius 2 is 2.00 bits per heavy atom. The van der Waals surface area contributed by atoms with Crippen LogP contribution < -0.4 is 0 Å². The number of carbonyl (C=O) groups excluding carboxylic acids is 1. The molecule has 94 valence electrons. The Kier molecular flexibility index (Phi) is 3.09. The van der Waals surface area contributed by atoms with Crippen molar-refractivity contribution in [3.05, 3.63) is 64.9 Å². The van der Waals surface area contributed by atoms with Crippen molar-refractivity contribution in [1.82, 2.24) is 4.98 Å². The minimum Gasteiger partial charge on any atom is -0.294 e. The van der Waals surface area contributed by atoms with Crippen molar-refractivity contribution in [3.8, 4) is 0 Å². The highest BCUT2D eigenvalue weighted by Crippen LogP contribution is 2.20. The molecule has 0 bridgehead atoms. The van der Waals surface area contributed by atoms with Gasteiger partial charge in [0.15, 0.2) is 5.78 Å². The van der Waals surface area contributed by atoms with Gasteiger partial charge in [0.2, 0.25) is 0 Å². The first-order valence-electron chi connectivity index (χ1n) is 5.83. The first kappa shape index (κ1) is 12.0. The smallest absolute Gasteiger partial charge is 0.168 e. The molecule has 0 aliphatic rings. The summed E-state index contributed by atoms with van der Waals surface area (Å²) >= 11 is 1.56. The van der Waals surface area contributed by atoms with Crippen LogP contribution in [-0.4, -0.2) is 10.8 Å². The minimum atomic E-state index is -0.294. The molecule has 0 radical (unpaired) electrons. The SMILES string of the molecule is O=C(Cc1ccc(F)cc1)c1cnc2ccsc2c1. The van der Waals surface area contributed by atoms with E-state index in [-0.39, 0.29) is 18.0 Å². The van der Waals surface area contributed by atoms with Crippen molar-refractivity contribution < 1.29 is 9.18 Å². The number of Topliss-reactive ketones (excluding diaryl/α,β-unsaturated/α-hetero) is 1. The molecule has 2 aromatic heterocycles. The Balaban J connectivity index is 1.84. The van der Waals surface area contributed by atoms with E-state index in [9.17, 15) is 9.18 Å². The van der Waals surface area contributed by atoms with Crippen LogP contribution >= 0.6 is 11.3 Å². The zero-order chi connectivity index (χ0) is 13.2. The van der Waals surface area contributed by atoms with Gasteiger partial charge in [-0.15, -0.1) is 11.3 Å². The minimum absolute atomic E-state index is 0.00518. The molecule has 0 spiro atoms. The fraction of sp³-hybridized carbons (Fsp3) is 0.0667. The molecule has 0 amide bonds. The number of hydrogen-bond acceptors (Lipinski definition) is 3. The van der Waals surface area contributed by atoms with Gasteiger partial charge in [0.05, 0.1) is 10.2 Å². The van der Waals surface area contributed by atoms with Gasteiger partial charge in [0.25, 0.3) is 0 Å². The number of aromatic nitrogens is 1. The normalized spacial score (nSPS) is 10.8. The van der Waals surface area contributed by atoms with Crippen LogP contribution in [0.3, 0.4) is 0 Å². The largest absolute Gasteiger partial charge is 0.294 e. The Morgan fingerprint density at radius 1 is 1.21 bits per heavy atom. The van der Waals surface area contributed by atoms with Crippen LogP contribution in [0.4, 0.5) is 4.39 Å². The van der Waals surface area contributed by atoms with E-state index in [0.717, 1.165) is 15.8 Å². The predicted octanol–water partition coefficient (Wildman–Crippen LogP) is 3.86. The number of hydrogen-bond donors (Lipinski definition) is 0. The van der Waals surface area contributed by atoms with E-state index in [0.29, 0.717) is 5.56 Å². The summed E-state index contributed by atoms with van der Waals surface area (Å²) < 4.78 is 13.8. The second-order valence-corrected chi connectivity index (χ2v) is 5.20. The molecular weight excluding hydrogens is 261 g/mol. The molecule has 0 atom stereocenters. The lowest BCUT2D eigenvalue weighted by molar-refractivity contribution is 0.0993. The fourth-order valence-corrected chi connectivity index (χ4v) is 2.67. The molecule has 3 aromatic rings. The second-order valence-electron chi connectivity index (χ2n) is 4.25. The quantitative estimate of drug-likeness (QED) is 0.677. The van der Waals surface area contributed by atoms with E-state index in [1.165, 1.54) is 12.1 Å². The van der Waals surface area contributed by atoms with Crippen LogP contribution in [0.25, 0.3) is 10.2 Å². The van der Waals surface area contributed by atoms with Gasteiger partial charge >= 0.3 is 0 Å². The lowest BCUT2D eigenvalue weighted by Crippen LogP contribution is -2.03. The van der Waals surface area contributed by atoms with E-state index in [4.69, 9.17) is 0 Å². The average molecular weight is 271 g/mol. The van der Waals surface area contributed by atoms with Gasteiger partial charge in [-0.2, -0.15) is 0 Å². The van der Waals surface area contributed by atoms with Crippen molar-refractivity contribution in [1.29, 1.82) is 0 Å². The lowest BCUT2D eigenvalue weighted by atomic mass is 10.0. The van der Waals surface area contributed by atoms with Crippen molar-refractivity contribution >= 4 is 27.3 Å². The van der Waals surface area contributed by atoms with Gasteiger partial charge in [0, 0.05) is 18.2 Å². The summed E-state index contributed by atoms with van der Waals surface area (Å²) in [4.78, 5) is 16.4. The Hall–Kier alpha value is -2.07. The van der Waals surface area contributed by atoms with Gasteiger partial charge in [-0.3, -0.25) is 9.78 Å². The Bertz CT molecular complexity index is 733. The summed E-state index contributed by atoms with van der Waals surface area (Å²) in [6.07, 6.45) is 1.86. The number of halogens is 1. The Labute approximate surface area is 113 Å². The summed E-state index contributed by atoms with van der Waals surface area (Å²) in [6, 6.07) is 9.77. The molecule has 4 heteroatoms. The second kappa shape index (κ2) is 4.90. The number of rotatable bonds is 3. The number of carbonyl (C=O) groups is 1. The number of thiophene rings is 1. The molecule has 0 saturated carbocycles. The molecule has 2 nitrogen and oxygen atoms in total. The summed E-state index contributed by atoms with van der Waals surface area (Å²) in [5.74, 6) is -0.299. The molecule has 0 saturated heterocycles. The molecular formula is C15H10FNOS. The monoisotopic (exact) mass is 271 g/mol. The lowest BCUT2D eigenvalue weighted by Gasteiger charge is -2.01. The van der Waals surface area contributed by atoms with Crippen molar-refractivity contribution in [2.45, 2.75) is 6.42 Å². The molecule has 0 aliphatic carbocycles. The molecule has 1 aromatic carbocycles. The molecule has 19 heavy (non-hydrogen) atoms. The molecule has 0 fully saturated rings. The van der Waals surface area contributed by atoms with Gasteiger partial charge in [-0.25, -0.2) is 4.39 Å². The maximum Gasteiger partial charge on any atom is 0.168 e. The number of nitrogens with zero attached hydrogens (tertiary/aromatic N) is 1. The summed E-state index contributed by atoms with van der Waals surface area (Å²) in [7, 11) is 0. The van der Waals surface area contributed by atoms with E-state index in [2.05, 4.69) is 4.98 Å². The van der Waals surface area contributed by atoms with Gasteiger partial charge < -0.3 is 0 Å². The zero-order valence-corrected chi connectivity index (χ0v) is 10.8. The molecule has 0 unspecified atom stereocenters. The topological polar surface area (TPSA) is 30.0 Å². The Morgan fingerprint density at radius 3 is 2.79 bits per heavy atom. The summed E-state index contributed by atoms with van der Waals surface area (Å²) in [5, 5.41) is 1.95. The van der Waals surface area contributed by atoms with Crippen LogP contribution in [0.15, 0.2) is 48.0 Å². The highest BCUT2D eigenvalue weighted by molar-refractivity contribution is 7.17. The average Bonchev–Trinajstić information content (AvgIpc) is 2.88. The van der Waals surface area contributed by atoms with E-state index in [1.807, 2.05) is 17.5 Å². The molecule has 3 rings (SSSR count). The van der Waals surface area contributed by atoms with Crippen molar-refractivity contribution in [2.75, 3.05) is 0 Å². The zero-order valence-electron chi connectivity index (χ0n) is 9.97. The van der Waals surface area contributed by atoms with Gasteiger partial charge in [-0.1, -0.05) is 12.1 Å². The highest BCUT2D eigenvalue weighted by atomic mass is 32.1. The molecule has 0 N–H and O–H groups in total. The van der Waals surface area contributed by atoms with E-state index in [1.54, 1.807) is 29.7 Å². The van der Waals surface area contributed by atoms with Crippen LogP contribution in [0.5, 0.6) is 0 Å². The molecule has 0 aliphatic heterocycles. The first-order chi connectivity index (χ1) is 9.22. The maximum atomic E-state index is 12.8. The van der Waals surface area contributed by atoms with Gasteiger partial charge in [-0.05, 0) is 35.2 Å². The fourth-order valence-electron chi connectivity index (χ4n) is 1.89. The highest BCUT2D eigenvalue weighted by Gasteiger charge is 2.09. The number of pyridine rings is 1. The van der Waals surface area contributed by atoms with Crippen molar-refractivity contribution in [2.24, 2.45) is 0 Å². The van der Waals surface area contributed by atoms with Crippen LogP contribution in [-0.2, 0) is 6.42 Å². The van der Waals surface area contributed by atoms with Crippen LogP contribution in [0.1, 0.15) is 15.9 Å². The maximum absolute atomic E-state index is 12.8. The first-order valence-corrected chi connectivity index (χ1v) is 6.71. The predicted molar refractivity (Wildman–Crippen MR) is 74.1 cm³/mol. The van der Waals surface area contributed by atoms with Crippen molar-refractivity contribution in [3.63, 3.8) is 0 Å². The van der Waals surface area contributed by atoms with Crippen LogP contribution in [0.2, 0.25) is 0 Å². The summed E-state index contributed by atoms with van der Waals surface area (Å²) in [5.41, 5.74) is 2.31. The third-order valence-corrected chi connectivity index (χ3v) is 3.76. The standard InChI is InChI=1S/C15H10FNOS/c16-12-3-1-10(2-4-12)7-14(18)11-8-15-13(17-9-11)5-6-19-15/h1-6,8-9H,7H2. The third kappa shape index (κ3) is 2.53. The molecule has 2 heterocycles. The van der Waals surface area contributed by atoms with Crippen LogP contribution in [0, 0.1) is 5.82 Å². The summed E-state index contributed by atoms with van der Waals surface area (Å²) in [6.45, 7) is 0. The number of benzene rings is 1. The number of ketones is 1.